The maximum absolute atomic E-state index is 13.1. The summed E-state index contributed by atoms with van der Waals surface area (Å²) in [5, 5.41) is 6.36. The summed E-state index contributed by atoms with van der Waals surface area (Å²) in [6.07, 6.45) is -3.00. The Hall–Kier alpha value is -3.00. The van der Waals surface area contributed by atoms with Crippen molar-refractivity contribution in [2.75, 3.05) is 36.0 Å². The van der Waals surface area contributed by atoms with Crippen LogP contribution in [0.1, 0.15) is 5.56 Å². The first kappa shape index (κ1) is 20.3. The molecule has 5 nitrogen and oxygen atoms in total. The van der Waals surface area contributed by atoms with Crippen LogP contribution >= 0.6 is 11.6 Å². The fraction of sp³-hybridized carbons (Fsp3) is 0.238. The zero-order chi connectivity index (χ0) is 21.3. The largest absolute Gasteiger partial charge is 0.416 e. The third-order valence-corrected chi connectivity index (χ3v) is 5.40. The van der Waals surface area contributed by atoms with Crippen molar-refractivity contribution in [3.63, 3.8) is 0 Å². The molecule has 4 rings (SSSR count). The first-order valence-electron chi connectivity index (χ1n) is 9.34. The average molecular weight is 435 g/mol. The molecule has 1 saturated heterocycles. The second-order valence-electron chi connectivity index (χ2n) is 6.97. The Balaban J connectivity index is 1.60. The molecule has 0 spiro atoms. The highest BCUT2D eigenvalue weighted by molar-refractivity contribution is 6.33. The molecule has 0 aliphatic carbocycles. The second-order valence-corrected chi connectivity index (χ2v) is 7.37. The molecule has 2 aromatic carbocycles. The van der Waals surface area contributed by atoms with Crippen LogP contribution in [0, 0.1) is 0 Å². The van der Waals surface area contributed by atoms with Crippen molar-refractivity contribution in [1.82, 2.24) is 10.2 Å². The summed E-state index contributed by atoms with van der Waals surface area (Å²) in [7, 11) is 0. The number of H-pyrrole nitrogens is 1. The predicted molar refractivity (Wildman–Crippen MR) is 111 cm³/mol. The van der Waals surface area contributed by atoms with Gasteiger partial charge in [0.15, 0.2) is 0 Å². The number of halogens is 4. The number of aromatic nitrogens is 2. The molecule has 0 amide bonds. The highest BCUT2D eigenvalue weighted by Gasteiger charge is 2.31. The number of benzene rings is 2. The van der Waals surface area contributed by atoms with E-state index in [4.69, 9.17) is 11.6 Å². The summed E-state index contributed by atoms with van der Waals surface area (Å²) in [6.45, 7) is 2.27. The summed E-state index contributed by atoms with van der Waals surface area (Å²) < 4.78 is 39.4. The van der Waals surface area contributed by atoms with E-state index in [9.17, 15) is 18.0 Å². The minimum atomic E-state index is -4.40. The lowest BCUT2D eigenvalue weighted by Crippen LogP contribution is -2.48. The zero-order valence-electron chi connectivity index (χ0n) is 15.8. The van der Waals surface area contributed by atoms with Gasteiger partial charge in [-0.2, -0.15) is 18.3 Å². The highest BCUT2D eigenvalue weighted by Crippen LogP contribution is 2.36. The Morgan fingerprint density at radius 1 is 0.967 bits per heavy atom. The molecule has 1 aromatic heterocycles. The first-order valence-corrected chi connectivity index (χ1v) is 9.72. The molecule has 2 heterocycles. The summed E-state index contributed by atoms with van der Waals surface area (Å²) in [6, 6.07) is 12.7. The predicted octanol–water partition coefficient (Wildman–Crippen LogP) is 4.44. The van der Waals surface area contributed by atoms with E-state index in [1.54, 1.807) is 6.07 Å². The second kappa shape index (κ2) is 8.02. The summed E-state index contributed by atoms with van der Waals surface area (Å²) in [5.74, 6) is 0. The zero-order valence-corrected chi connectivity index (χ0v) is 16.5. The van der Waals surface area contributed by atoms with Gasteiger partial charge in [0.05, 0.1) is 16.8 Å². The third-order valence-electron chi connectivity index (χ3n) is 5.13. The number of piperazine rings is 1. The van der Waals surface area contributed by atoms with Gasteiger partial charge in [-0.3, -0.25) is 4.79 Å². The lowest BCUT2D eigenvalue weighted by Gasteiger charge is -2.38. The molecule has 9 heteroatoms. The molecule has 0 saturated carbocycles. The number of anilines is 2. The number of para-hydroxylation sites is 1. The molecular weight excluding hydrogens is 417 g/mol. The van der Waals surface area contributed by atoms with Crippen molar-refractivity contribution in [3.8, 4) is 11.1 Å². The van der Waals surface area contributed by atoms with Crippen molar-refractivity contribution in [2.45, 2.75) is 6.18 Å². The smallest absolute Gasteiger partial charge is 0.367 e. The summed E-state index contributed by atoms with van der Waals surface area (Å²) >= 11 is 6.14. The van der Waals surface area contributed by atoms with Crippen LogP contribution in [0.3, 0.4) is 0 Å². The van der Waals surface area contributed by atoms with E-state index in [1.807, 2.05) is 29.2 Å². The van der Waals surface area contributed by atoms with Gasteiger partial charge in [-0.15, -0.1) is 0 Å². The van der Waals surface area contributed by atoms with Crippen LogP contribution < -0.4 is 15.4 Å². The molecule has 3 aromatic rings. The van der Waals surface area contributed by atoms with Gasteiger partial charge in [0.2, 0.25) is 0 Å². The van der Waals surface area contributed by atoms with Crippen molar-refractivity contribution in [1.29, 1.82) is 0 Å². The maximum Gasteiger partial charge on any atom is 0.416 e. The fourth-order valence-corrected chi connectivity index (χ4v) is 3.95. The van der Waals surface area contributed by atoms with Gasteiger partial charge < -0.3 is 9.80 Å². The number of nitrogens with one attached hydrogen (secondary N) is 1. The summed E-state index contributed by atoms with van der Waals surface area (Å²) in [5.41, 5.74) is 1.46. The van der Waals surface area contributed by atoms with E-state index in [0.717, 1.165) is 17.3 Å². The normalized spacial score (nSPS) is 14.8. The Kier molecular flexibility index (Phi) is 5.42. The highest BCUT2D eigenvalue weighted by atomic mass is 35.5. The molecule has 1 N–H and O–H groups in total. The Morgan fingerprint density at radius 2 is 1.67 bits per heavy atom. The van der Waals surface area contributed by atoms with E-state index < -0.39 is 11.7 Å². The lowest BCUT2D eigenvalue weighted by molar-refractivity contribution is -0.137. The minimum Gasteiger partial charge on any atom is -0.367 e. The van der Waals surface area contributed by atoms with Gasteiger partial charge in [0, 0.05) is 37.4 Å². The number of alkyl halides is 3. The monoisotopic (exact) mass is 434 g/mol. The molecule has 0 bridgehead atoms. The number of rotatable bonds is 3. The van der Waals surface area contributed by atoms with Gasteiger partial charge in [-0.1, -0.05) is 41.9 Å². The van der Waals surface area contributed by atoms with E-state index in [1.165, 1.54) is 18.3 Å². The number of hydrogen-bond donors (Lipinski definition) is 1. The Bertz CT molecular complexity index is 1110. The first-order chi connectivity index (χ1) is 14.3. The fourth-order valence-electron chi connectivity index (χ4n) is 3.69. The topological polar surface area (TPSA) is 52.2 Å². The van der Waals surface area contributed by atoms with Crippen molar-refractivity contribution in [3.05, 3.63) is 75.7 Å². The van der Waals surface area contributed by atoms with Gasteiger partial charge in [0.1, 0.15) is 5.69 Å². The van der Waals surface area contributed by atoms with Crippen LogP contribution in [-0.4, -0.2) is 36.4 Å². The standard InChI is InChI=1S/C21H18ClF3N4O/c22-17-13-26-27-20(30)19(17)29-10-8-28(9-11-29)18-7-2-1-6-16(18)14-4-3-5-15(12-14)21(23,24)25/h1-7,12-13H,8-11H2,(H,27,30). The van der Waals surface area contributed by atoms with Crippen molar-refractivity contribution in [2.24, 2.45) is 0 Å². The van der Waals surface area contributed by atoms with Crippen LogP contribution in [-0.2, 0) is 6.18 Å². The van der Waals surface area contributed by atoms with E-state index in [2.05, 4.69) is 15.1 Å². The lowest BCUT2D eigenvalue weighted by atomic mass is 10.00. The maximum atomic E-state index is 13.1. The van der Waals surface area contributed by atoms with E-state index in [0.29, 0.717) is 37.4 Å². The molecule has 156 valence electrons. The molecule has 30 heavy (non-hydrogen) atoms. The average Bonchev–Trinajstić information content (AvgIpc) is 2.74. The minimum absolute atomic E-state index is 0.288. The van der Waals surface area contributed by atoms with Crippen LogP contribution in [0.25, 0.3) is 11.1 Å². The van der Waals surface area contributed by atoms with Crippen molar-refractivity contribution < 1.29 is 13.2 Å². The van der Waals surface area contributed by atoms with Crippen LogP contribution in [0.15, 0.2) is 59.5 Å². The van der Waals surface area contributed by atoms with E-state index >= 15 is 0 Å². The summed E-state index contributed by atoms with van der Waals surface area (Å²) in [4.78, 5) is 16.1. The molecular formula is C21H18ClF3N4O. The van der Waals surface area contributed by atoms with E-state index in [-0.39, 0.29) is 10.6 Å². The molecule has 0 unspecified atom stereocenters. The van der Waals surface area contributed by atoms with Crippen molar-refractivity contribution >= 4 is 23.0 Å². The molecule has 1 aliphatic rings. The Morgan fingerprint density at radius 3 is 2.37 bits per heavy atom. The third kappa shape index (κ3) is 4.00. The quantitative estimate of drug-likeness (QED) is 0.662. The van der Waals surface area contributed by atoms with Gasteiger partial charge in [-0.05, 0) is 23.8 Å². The number of hydrogen-bond acceptors (Lipinski definition) is 4. The SMILES string of the molecule is O=c1[nH]ncc(Cl)c1N1CCN(c2ccccc2-c2cccc(C(F)(F)F)c2)CC1. The van der Waals surface area contributed by atoms with Gasteiger partial charge in [-0.25, -0.2) is 5.10 Å². The number of nitrogens with zero attached hydrogens (tertiary/aromatic N) is 3. The number of aromatic amines is 1. The van der Waals surface area contributed by atoms with Gasteiger partial charge in [0.25, 0.3) is 5.56 Å². The van der Waals surface area contributed by atoms with Crippen LogP contribution in [0.4, 0.5) is 24.5 Å². The molecule has 1 aliphatic heterocycles. The van der Waals surface area contributed by atoms with Gasteiger partial charge >= 0.3 is 6.18 Å². The van der Waals surface area contributed by atoms with Crippen LogP contribution in [0.2, 0.25) is 5.02 Å². The molecule has 0 radical (unpaired) electrons. The molecule has 0 atom stereocenters. The molecule has 1 fully saturated rings. The van der Waals surface area contributed by atoms with Crippen LogP contribution in [0.5, 0.6) is 0 Å². The Labute approximate surface area is 175 Å².